The molecule has 7 nitrogen and oxygen atoms in total. The quantitative estimate of drug-likeness (QED) is 0.370. The first-order valence-electron chi connectivity index (χ1n) is 8.32. The Labute approximate surface area is 174 Å². The summed E-state index contributed by atoms with van der Waals surface area (Å²) in [5.74, 6) is 2.28. The summed E-state index contributed by atoms with van der Waals surface area (Å²) in [6, 6.07) is 0. The van der Waals surface area contributed by atoms with Gasteiger partial charge in [-0.05, 0) is 34.2 Å². The van der Waals surface area contributed by atoms with Gasteiger partial charge in [0.15, 0.2) is 5.96 Å². The van der Waals surface area contributed by atoms with Gasteiger partial charge in [0.2, 0.25) is 11.8 Å². The zero-order valence-corrected chi connectivity index (χ0v) is 18.9. The second kappa shape index (κ2) is 8.70. The van der Waals surface area contributed by atoms with Gasteiger partial charge in [0, 0.05) is 39.8 Å². The largest absolute Gasteiger partial charge is 0.480 e. The van der Waals surface area contributed by atoms with Crippen molar-refractivity contribution in [1.82, 2.24) is 20.2 Å². The van der Waals surface area contributed by atoms with Crippen molar-refractivity contribution in [2.24, 2.45) is 10.4 Å². The molecule has 9 heteroatoms. The van der Waals surface area contributed by atoms with Gasteiger partial charge in [0.05, 0.1) is 17.8 Å². The summed E-state index contributed by atoms with van der Waals surface area (Å²) in [4.78, 5) is 17.8. The van der Waals surface area contributed by atoms with Crippen LogP contribution in [0.4, 0.5) is 5.95 Å². The van der Waals surface area contributed by atoms with Gasteiger partial charge in [-0.25, -0.2) is 4.98 Å². The Kier molecular flexibility index (Phi) is 7.12. The molecule has 0 unspecified atom stereocenters. The molecule has 1 N–H and O–H groups in total. The Morgan fingerprint density at radius 2 is 2.04 bits per heavy atom. The van der Waals surface area contributed by atoms with Crippen molar-refractivity contribution >= 4 is 51.8 Å². The number of anilines is 1. The van der Waals surface area contributed by atoms with Gasteiger partial charge in [-0.15, -0.1) is 24.0 Å². The van der Waals surface area contributed by atoms with E-state index in [0.717, 1.165) is 43.2 Å². The summed E-state index contributed by atoms with van der Waals surface area (Å²) in [7, 11) is 3.47. The molecule has 140 valence electrons. The van der Waals surface area contributed by atoms with Crippen LogP contribution in [0, 0.1) is 5.41 Å². The van der Waals surface area contributed by atoms with Crippen LogP contribution in [0.15, 0.2) is 15.7 Å². The van der Waals surface area contributed by atoms with E-state index in [1.807, 2.05) is 7.05 Å². The van der Waals surface area contributed by atoms with Gasteiger partial charge in [0.25, 0.3) is 0 Å². The molecule has 1 aliphatic heterocycles. The Morgan fingerprint density at radius 1 is 1.36 bits per heavy atom. The van der Waals surface area contributed by atoms with Crippen molar-refractivity contribution in [1.29, 1.82) is 0 Å². The molecule has 0 radical (unpaired) electrons. The predicted octanol–water partition coefficient (Wildman–Crippen LogP) is 2.36. The van der Waals surface area contributed by atoms with E-state index >= 15 is 0 Å². The summed E-state index contributed by atoms with van der Waals surface area (Å²) >= 11 is 3.39. The molecule has 1 saturated heterocycles. The number of piperazine rings is 1. The zero-order chi connectivity index (χ0) is 17.2. The summed E-state index contributed by atoms with van der Waals surface area (Å²) in [5, 5.41) is 3.52. The zero-order valence-electron chi connectivity index (χ0n) is 15.0. The molecule has 1 aromatic heterocycles. The van der Waals surface area contributed by atoms with E-state index in [4.69, 9.17) is 4.74 Å². The number of methoxy groups -OCH3 is 1. The number of nitrogens with one attached hydrogen (secondary N) is 1. The standard InChI is InChI=1S/C16H25BrN6O.HI/c1-16(4-5-16)11-20-14(18-2)22-6-8-23(9-7-22)15-19-10-12(17)13(21-15)24-3;/h10H,4-9,11H2,1-3H3,(H,18,20);1H. The van der Waals surface area contributed by atoms with Crippen LogP contribution < -0.4 is 15.0 Å². The smallest absolute Gasteiger partial charge is 0.232 e. The molecule has 2 fully saturated rings. The predicted molar refractivity (Wildman–Crippen MR) is 114 cm³/mol. The number of guanidine groups is 1. The molecule has 1 saturated carbocycles. The third-order valence-corrected chi connectivity index (χ3v) is 5.29. The van der Waals surface area contributed by atoms with Crippen molar-refractivity contribution in [3.8, 4) is 5.88 Å². The number of aliphatic imine (C=N–C) groups is 1. The molecule has 1 aliphatic carbocycles. The minimum Gasteiger partial charge on any atom is -0.480 e. The lowest BCUT2D eigenvalue weighted by atomic mass is 10.1. The number of ether oxygens (including phenoxy) is 1. The summed E-state index contributed by atoms with van der Waals surface area (Å²) in [5.41, 5.74) is 0.472. The number of halogens is 2. The summed E-state index contributed by atoms with van der Waals surface area (Å²) in [6.45, 7) is 6.86. The maximum absolute atomic E-state index is 5.26. The third-order valence-electron chi connectivity index (χ3n) is 4.74. The van der Waals surface area contributed by atoms with Crippen LogP contribution in [-0.4, -0.2) is 67.7 Å². The highest BCUT2D eigenvalue weighted by molar-refractivity contribution is 14.0. The second-order valence-corrected chi connectivity index (χ2v) is 7.57. The van der Waals surface area contributed by atoms with Crippen molar-refractivity contribution in [3.05, 3.63) is 10.7 Å². The lowest BCUT2D eigenvalue weighted by molar-refractivity contribution is 0.362. The molecule has 0 bridgehead atoms. The van der Waals surface area contributed by atoms with E-state index in [9.17, 15) is 0 Å². The Hall–Kier alpha value is -0.840. The van der Waals surface area contributed by atoms with Crippen LogP contribution >= 0.6 is 39.9 Å². The maximum Gasteiger partial charge on any atom is 0.232 e. The van der Waals surface area contributed by atoms with Crippen LogP contribution in [0.1, 0.15) is 19.8 Å². The van der Waals surface area contributed by atoms with Crippen LogP contribution in [-0.2, 0) is 0 Å². The normalized spacial score (nSPS) is 19.3. The van der Waals surface area contributed by atoms with Crippen LogP contribution in [0.5, 0.6) is 5.88 Å². The molecule has 2 aliphatic rings. The molecular weight excluding hydrogens is 499 g/mol. The topological polar surface area (TPSA) is 65.9 Å². The lowest BCUT2D eigenvalue weighted by Crippen LogP contribution is -2.53. The van der Waals surface area contributed by atoms with E-state index in [0.29, 0.717) is 17.2 Å². The fraction of sp³-hybridized carbons (Fsp3) is 0.688. The number of hydrogen-bond donors (Lipinski definition) is 1. The highest BCUT2D eigenvalue weighted by atomic mass is 127. The fourth-order valence-electron chi connectivity index (χ4n) is 2.77. The number of nitrogens with zero attached hydrogens (tertiary/aromatic N) is 5. The second-order valence-electron chi connectivity index (χ2n) is 6.71. The van der Waals surface area contributed by atoms with E-state index in [2.05, 4.69) is 52.9 Å². The average Bonchev–Trinajstić information content (AvgIpc) is 3.34. The van der Waals surface area contributed by atoms with E-state index in [1.54, 1.807) is 13.3 Å². The number of hydrogen-bond acceptors (Lipinski definition) is 5. The van der Waals surface area contributed by atoms with Gasteiger partial charge in [0.1, 0.15) is 0 Å². The highest BCUT2D eigenvalue weighted by Crippen LogP contribution is 2.44. The molecule has 2 heterocycles. The van der Waals surface area contributed by atoms with Crippen molar-refractivity contribution in [3.63, 3.8) is 0 Å². The first-order chi connectivity index (χ1) is 11.5. The molecule has 0 spiro atoms. The third kappa shape index (κ3) is 5.08. The molecule has 0 atom stereocenters. The lowest BCUT2D eigenvalue weighted by Gasteiger charge is -2.36. The van der Waals surface area contributed by atoms with Gasteiger partial charge in [-0.2, -0.15) is 4.98 Å². The molecule has 25 heavy (non-hydrogen) atoms. The van der Waals surface area contributed by atoms with Crippen LogP contribution in [0.2, 0.25) is 0 Å². The fourth-order valence-corrected chi connectivity index (χ4v) is 3.12. The van der Waals surface area contributed by atoms with Crippen LogP contribution in [0.3, 0.4) is 0 Å². The summed E-state index contributed by atoms with van der Waals surface area (Å²) in [6.07, 6.45) is 4.37. The monoisotopic (exact) mass is 524 g/mol. The first-order valence-corrected chi connectivity index (χ1v) is 9.11. The minimum absolute atomic E-state index is 0. The van der Waals surface area contributed by atoms with E-state index in [1.165, 1.54) is 12.8 Å². The highest BCUT2D eigenvalue weighted by Gasteiger charge is 2.37. The Bertz CT molecular complexity index is 617. The SMILES string of the molecule is CN=C(NCC1(C)CC1)N1CCN(c2ncc(Br)c(OC)n2)CC1.I. The maximum atomic E-state index is 5.26. The number of aromatic nitrogens is 2. The van der Waals surface area contributed by atoms with Gasteiger partial charge in [-0.3, -0.25) is 4.99 Å². The Balaban J connectivity index is 0.00000225. The van der Waals surface area contributed by atoms with Crippen molar-refractivity contribution < 1.29 is 4.74 Å². The van der Waals surface area contributed by atoms with Crippen molar-refractivity contribution in [2.75, 3.05) is 51.8 Å². The number of rotatable bonds is 4. The van der Waals surface area contributed by atoms with Gasteiger partial charge in [-0.1, -0.05) is 6.92 Å². The van der Waals surface area contributed by atoms with Crippen molar-refractivity contribution in [2.45, 2.75) is 19.8 Å². The molecule has 3 rings (SSSR count). The average molecular weight is 525 g/mol. The van der Waals surface area contributed by atoms with E-state index in [-0.39, 0.29) is 24.0 Å². The van der Waals surface area contributed by atoms with Gasteiger partial charge < -0.3 is 19.9 Å². The van der Waals surface area contributed by atoms with E-state index < -0.39 is 0 Å². The first kappa shape index (κ1) is 20.5. The Morgan fingerprint density at radius 3 is 2.60 bits per heavy atom. The minimum atomic E-state index is 0. The molecule has 1 aromatic rings. The molecular formula is C16H26BrIN6O. The molecule has 0 aromatic carbocycles. The molecule has 0 amide bonds. The van der Waals surface area contributed by atoms with Gasteiger partial charge >= 0.3 is 0 Å². The summed E-state index contributed by atoms with van der Waals surface area (Å²) < 4.78 is 6.03. The van der Waals surface area contributed by atoms with Crippen LogP contribution in [0.25, 0.3) is 0 Å².